The lowest BCUT2D eigenvalue weighted by molar-refractivity contribution is -0.386. The van der Waals surface area contributed by atoms with Gasteiger partial charge in [-0.2, -0.15) is 0 Å². The SMILES string of the molecule is CC(Oc1c(Br)cc(Cl)cc1[N+](=O)[O-])C(=O)NN. The molecule has 9 heteroatoms. The van der Waals surface area contributed by atoms with Crippen molar-refractivity contribution in [3.63, 3.8) is 0 Å². The molecule has 1 atom stereocenters. The maximum absolute atomic E-state index is 11.2. The van der Waals surface area contributed by atoms with Crippen LogP contribution in [0, 0.1) is 10.1 Å². The molecular formula is C9H9BrClN3O4. The third kappa shape index (κ3) is 3.31. The molecule has 0 saturated carbocycles. The van der Waals surface area contributed by atoms with Crippen molar-refractivity contribution >= 4 is 39.1 Å². The van der Waals surface area contributed by atoms with E-state index in [1.807, 2.05) is 5.43 Å². The van der Waals surface area contributed by atoms with Crippen LogP contribution in [0.5, 0.6) is 5.75 Å². The predicted molar refractivity (Wildman–Crippen MR) is 68.2 cm³/mol. The molecule has 18 heavy (non-hydrogen) atoms. The second-order valence-corrected chi connectivity index (χ2v) is 4.55. The number of nitro groups is 1. The Hall–Kier alpha value is -1.38. The number of carbonyl (C=O) groups excluding carboxylic acids is 1. The van der Waals surface area contributed by atoms with Crippen LogP contribution in [0.25, 0.3) is 0 Å². The lowest BCUT2D eigenvalue weighted by atomic mass is 10.3. The van der Waals surface area contributed by atoms with Crippen molar-refractivity contribution in [2.75, 3.05) is 0 Å². The van der Waals surface area contributed by atoms with E-state index in [0.717, 1.165) is 6.07 Å². The lowest BCUT2D eigenvalue weighted by Crippen LogP contribution is -2.40. The van der Waals surface area contributed by atoms with Gasteiger partial charge in [-0.25, -0.2) is 5.84 Å². The van der Waals surface area contributed by atoms with Crippen molar-refractivity contribution in [3.05, 3.63) is 31.7 Å². The van der Waals surface area contributed by atoms with Gasteiger partial charge in [0.25, 0.3) is 5.91 Å². The second-order valence-electron chi connectivity index (χ2n) is 3.26. The normalized spacial score (nSPS) is 11.8. The minimum Gasteiger partial charge on any atom is -0.473 e. The van der Waals surface area contributed by atoms with Gasteiger partial charge in [-0.05, 0) is 28.9 Å². The number of ether oxygens (including phenoxy) is 1. The Balaban J connectivity index is 3.15. The van der Waals surface area contributed by atoms with Crippen LogP contribution in [0.1, 0.15) is 6.92 Å². The van der Waals surface area contributed by atoms with Crippen LogP contribution in [0.15, 0.2) is 16.6 Å². The van der Waals surface area contributed by atoms with Crippen LogP contribution >= 0.6 is 27.5 Å². The summed E-state index contributed by atoms with van der Waals surface area (Å²) in [6.45, 7) is 1.41. The first kappa shape index (κ1) is 14.7. The van der Waals surface area contributed by atoms with Crippen LogP contribution < -0.4 is 16.0 Å². The number of benzene rings is 1. The van der Waals surface area contributed by atoms with E-state index in [1.54, 1.807) is 0 Å². The molecule has 1 aromatic rings. The molecule has 0 aliphatic carbocycles. The van der Waals surface area contributed by atoms with E-state index in [0.29, 0.717) is 0 Å². The molecule has 3 N–H and O–H groups in total. The minimum atomic E-state index is -0.980. The summed E-state index contributed by atoms with van der Waals surface area (Å²) < 4.78 is 5.48. The number of hydrazine groups is 1. The van der Waals surface area contributed by atoms with E-state index in [-0.39, 0.29) is 20.9 Å². The first-order valence-electron chi connectivity index (χ1n) is 4.67. The van der Waals surface area contributed by atoms with Gasteiger partial charge in [0.2, 0.25) is 5.75 Å². The zero-order valence-corrected chi connectivity index (χ0v) is 11.5. The average molecular weight is 339 g/mol. The fourth-order valence-corrected chi connectivity index (χ4v) is 2.03. The highest BCUT2D eigenvalue weighted by atomic mass is 79.9. The number of halogens is 2. The van der Waals surface area contributed by atoms with Gasteiger partial charge in [0.05, 0.1) is 9.40 Å². The van der Waals surface area contributed by atoms with Gasteiger partial charge < -0.3 is 4.74 Å². The third-order valence-corrected chi connectivity index (χ3v) is 2.80. The van der Waals surface area contributed by atoms with Gasteiger partial charge in [0, 0.05) is 11.1 Å². The Kier molecular flexibility index (Phi) is 4.88. The molecule has 0 fully saturated rings. The van der Waals surface area contributed by atoms with Crippen molar-refractivity contribution < 1.29 is 14.5 Å². The van der Waals surface area contributed by atoms with Crippen LogP contribution in [-0.4, -0.2) is 16.9 Å². The van der Waals surface area contributed by atoms with Gasteiger partial charge in [-0.1, -0.05) is 11.6 Å². The molecule has 0 aliphatic rings. The van der Waals surface area contributed by atoms with Crippen molar-refractivity contribution in [1.82, 2.24) is 5.43 Å². The standard InChI is InChI=1S/C9H9BrClN3O4/c1-4(9(15)13-12)18-8-6(10)2-5(11)3-7(8)14(16)17/h2-4H,12H2,1H3,(H,13,15). The highest BCUT2D eigenvalue weighted by Crippen LogP contribution is 2.38. The molecule has 0 aliphatic heterocycles. The Bertz CT molecular complexity index is 497. The largest absolute Gasteiger partial charge is 0.473 e. The molecular weight excluding hydrogens is 329 g/mol. The fourth-order valence-electron chi connectivity index (χ4n) is 1.15. The molecule has 7 nitrogen and oxygen atoms in total. The average Bonchev–Trinajstić information content (AvgIpc) is 2.30. The zero-order valence-electron chi connectivity index (χ0n) is 9.15. The topological polar surface area (TPSA) is 107 Å². The molecule has 0 saturated heterocycles. The summed E-state index contributed by atoms with van der Waals surface area (Å²) in [4.78, 5) is 21.4. The predicted octanol–water partition coefficient (Wildman–Crippen LogP) is 1.77. The van der Waals surface area contributed by atoms with Crippen LogP contribution in [0.2, 0.25) is 5.02 Å². The van der Waals surface area contributed by atoms with E-state index >= 15 is 0 Å². The summed E-state index contributed by atoms with van der Waals surface area (Å²) in [5, 5.41) is 11.0. The van der Waals surface area contributed by atoms with E-state index in [9.17, 15) is 14.9 Å². The molecule has 1 unspecified atom stereocenters. The monoisotopic (exact) mass is 337 g/mol. The number of nitrogens with zero attached hydrogens (tertiary/aromatic N) is 1. The summed E-state index contributed by atoms with van der Waals surface area (Å²) in [7, 11) is 0. The Morgan fingerprint density at radius 1 is 1.67 bits per heavy atom. The van der Waals surface area contributed by atoms with Crippen molar-refractivity contribution in [2.24, 2.45) is 5.84 Å². The van der Waals surface area contributed by atoms with E-state index in [1.165, 1.54) is 13.0 Å². The second kappa shape index (κ2) is 5.98. The van der Waals surface area contributed by atoms with E-state index in [4.69, 9.17) is 22.2 Å². The van der Waals surface area contributed by atoms with Gasteiger partial charge in [-0.15, -0.1) is 0 Å². The summed E-state index contributed by atoms with van der Waals surface area (Å²) in [6, 6.07) is 2.56. The van der Waals surface area contributed by atoms with Crippen molar-refractivity contribution in [1.29, 1.82) is 0 Å². The molecule has 0 heterocycles. The first-order valence-corrected chi connectivity index (χ1v) is 5.84. The lowest BCUT2D eigenvalue weighted by Gasteiger charge is -2.14. The number of hydrogen-bond donors (Lipinski definition) is 2. The minimum absolute atomic E-state index is 0.0829. The maximum atomic E-state index is 11.2. The van der Waals surface area contributed by atoms with E-state index in [2.05, 4.69) is 15.9 Å². The summed E-state index contributed by atoms with van der Waals surface area (Å²) in [5.74, 6) is 4.25. The van der Waals surface area contributed by atoms with Gasteiger partial charge in [0.15, 0.2) is 6.10 Å². The quantitative estimate of drug-likeness (QED) is 0.376. The highest BCUT2D eigenvalue weighted by Gasteiger charge is 2.24. The smallest absolute Gasteiger partial charge is 0.313 e. The summed E-state index contributed by atoms with van der Waals surface area (Å²) in [5.41, 5.74) is 1.55. The highest BCUT2D eigenvalue weighted by molar-refractivity contribution is 9.10. The van der Waals surface area contributed by atoms with Gasteiger partial charge in [0.1, 0.15) is 0 Å². The van der Waals surface area contributed by atoms with Crippen LogP contribution in [0.3, 0.4) is 0 Å². The number of nitrogens with one attached hydrogen (secondary N) is 1. The van der Waals surface area contributed by atoms with Crippen LogP contribution in [0.4, 0.5) is 5.69 Å². The van der Waals surface area contributed by atoms with Gasteiger partial charge in [-0.3, -0.25) is 20.3 Å². The fraction of sp³-hybridized carbons (Fsp3) is 0.222. The molecule has 98 valence electrons. The number of nitrogens with two attached hydrogens (primary N) is 1. The summed E-state index contributed by atoms with van der Waals surface area (Å²) >= 11 is 8.79. The van der Waals surface area contributed by atoms with E-state index < -0.39 is 16.9 Å². The maximum Gasteiger partial charge on any atom is 0.313 e. The van der Waals surface area contributed by atoms with Crippen molar-refractivity contribution in [3.8, 4) is 5.75 Å². The zero-order chi connectivity index (χ0) is 13.9. The number of rotatable bonds is 4. The number of hydrogen-bond acceptors (Lipinski definition) is 5. The van der Waals surface area contributed by atoms with Crippen molar-refractivity contribution in [2.45, 2.75) is 13.0 Å². The number of amides is 1. The Morgan fingerprint density at radius 3 is 2.78 bits per heavy atom. The number of nitro benzene ring substituents is 1. The molecule has 1 aromatic carbocycles. The first-order chi connectivity index (χ1) is 8.36. The molecule has 1 rings (SSSR count). The summed E-state index contributed by atoms with van der Waals surface area (Å²) in [6.07, 6.45) is -0.980. The molecule has 0 bridgehead atoms. The third-order valence-electron chi connectivity index (χ3n) is 1.99. The molecule has 0 aromatic heterocycles. The molecule has 1 amide bonds. The van der Waals surface area contributed by atoms with Crippen LogP contribution in [-0.2, 0) is 4.79 Å². The molecule has 0 radical (unpaired) electrons. The molecule has 0 spiro atoms. The Labute approximate surface area is 115 Å². The van der Waals surface area contributed by atoms with Gasteiger partial charge >= 0.3 is 5.69 Å². The number of carbonyl (C=O) groups is 1. The Morgan fingerprint density at radius 2 is 2.28 bits per heavy atom.